The van der Waals surface area contributed by atoms with Gasteiger partial charge >= 0.3 is 0 Å². The third-order valence-electron chi connectivity index (χ3n) is 3.79. The van der Waals surface area contributed by atoms with E-state index in [1.165, 1.54) is 11.3 Å². The highest BCUT2D eigenvalue weighted by Gasteiger charge is 2.16. The number of nitrogens with zero attached hydrogens (tertiary/aromatic N) is 3. The van der Waals surface area contributed by atoms with E-state index in [2.05, 4.69) is 4.98 Å². The van der Waals surface area contributed by atoms with Gasteiger partial charge in [0.2, 0.25) is 5.91 Å². The third kappa shape index (κ3) is 4.55. The number of rotatable bonds is 7. The molecule has 130 valence electrons. The van der Waals surface area contributed by atoms with Crippen LogP contribution < -0.4 is 9.80 Å². The van der Waals surface area contributed by atoms with E-state index in [1.54, 1.807) is 11.9 Å². The summed E-state index contributed by atoms with van der Waals surface area (Å²) in [6.45, 7) is 4.60. The van der Waals surface area contributed by atoms with Gasteiger partial charge in [-0.25, -0.2) is 4.98 Å². The van der Waals surface area contributed by atoms with Gasteiger partial charge in [0.1, 0.15) is 11.1 Å². The SMILES string of the molecule is CCO[C@@H](C)c1nc(CC(=O)N(C)c2ccc(N(C)C)cc2)cs1. The Bertz CT molecular complexity index is 667. The molecule has 5 nitrogen and oxygen atoms in total. The Labute approximate surface area is 147 Å². The molecule has 0 aliphatic rings. The van der Waals surface area contributed by atoms with Crippen molar-refractivity contribution in [3.8, 4) is 0 Å². The fraction of sp³-hybridized carbons (Fsp3) is 0.444. The average Bonchev–Trinajstić information content (AvgIpc) is 3.03. The fourth-order valence-electron chi connectivity index (χ4n) is 2.30. The van der Waals surface area contributed by atoms with Crippen molar-refractivity contribution < 1.29 is 9.53 Å². The van der Waals surface area contributed by atoms with Crippen LogP contribution in [0.5, 0.6) is 0 Å². The van der Waals surface area contributed by atoms with Crippen molar-refractivity contribution in [1.29, 1.82) is 0 Å². The Kier molecular flexibility index (Phi) is 6.34. The second-order valence-corrected chi connectivity index (χ2v) is 6.70. The number of hydrogen-bond donors (Lipinski definition) is 0. The summed E-state index contributed by atoms with van der Waals surface area (Å²) in [4.78, 5) is 20.7. The first-order chi connectivity index (χ1) is 11.4. The Morgan fingerprint density at radius 2 is 1.83 bits per heavy atom. The number of benzene rings is 1. The van der Waals surface area contributed by atoms with Crippen LogP contribution >= 0.6 is 11.3 Å². The summed E-state index contributed by atoms with van der Waals surface area (Å²) in [6.07, 6.45) is 0.265. The standard InChI is InChI=1S/C18H25N3O2S/c1-6-23-13(2)18-19-14(12-24-18)11-17(22)21(5)16-9-7-15(8-10-16)20(3)4/h7-10,12-13H,6,11H2,1-5H3/t13-/m0/s1. The molecule has 1 aromatic carbocycles. The van der Waals surface area contributed by atoms with Crippen molar-refractivity contribution in [2.75, 3.05) is 37.5 Å². The molecule has 24 heavy (non-hydrogen) atoms. The lowest BCUT2D eigenvalue weighted by Crippen LogP contribution is -2.28. The Balaban J connectivity index is 2.01. The fourth-order valence-corrected chi connectivity index (χ4v) is 3.13. The molecule has 0 saturated carbocycles. The number of ether oxygens (including phenoxy) is 1. The number of likely N-dealkylation sites (N-methyl/N-ethyl adjacent to an activating group) is 1. The summed E-state index contributed by atoms with van der Waals surface area (Å²) in [5, 5.41) is 2.85. The van der Waals surface area contributed by atoms with Crippen LogP contribution in [0.25, 0.3) is 0 Å². The molecule has 2 rings (SSSR count). The number of amides is 1. The van der Waals surface area contributed by atoms with Gasteiger partial charge in [-0.15, -0.1) is 11.3 Å². The van der Waals surface area contributed by atoms with Gasteiger partial charge in [-0.2, -0.15) is 0 Å². The molecule has 0 aliphatic heterocycles. The van der Waals surface area contributed by atoms with Crippen molar-refractivity contribution in [2.24, 2.45) is 0 Å². The van der Waals surface area contributed by atoms with Crippen molar-refractivity contribution >= 4 is 28.6 Å². The number of anilines is 2. The molecule has 0 radical (unpaired) electrons. The number of hydrogen-bond acceptors (Lipinski definition) is 5. The van der Waals surface area contributed by atoms with Crippen LogP contribution in [0.2, 0.25) is 0 Å². The summed E-state index contributed by atoms with van der Waals surface area (Å²) in [5.41, 5.74) is 2.78. The maximum atomic E-state index is 12.5. The van der Waals surface area contributed by atoms with Crippen molar-refractivity contribution in [3.63, 3.8) is 0 Å². The van der Waals surface area contributed by atoms with Crippen molar-refractivity contribution in [2.45, 2.75) is 26.4 Å². The molecule has 0 spiro atoms. The maximum absolute atomic E-state index is 12.5. The molecule has 0 fully saturated rings. The monoisotopic (exact) mass is 347 g/mol. The van der Waals surface area contributed by atoms with Gasteiger partial charge < -0.3 is 14.5 Å². The number of aromatic nitrogens is 1. The van der Waals surface area contributed by atoms with Gasteiger partial charge in [-0.1, -0.05) is 0 Å². The number of carbonyl (C=O) groups is 1. The summed E-state index contributed by atoms with van der Waals surface area (Å²) in [7, 11) is 5.78. The van der Waals surface area contributed by atoms with E-state index in [1.807, 2.05) is 62.5 Å². The largest absolute Gasteiger partial charge is 0.378 e. The molecular formula is C18H25N3O2S. The first kappa shape index (κ1) is 18.4. The maximum Gasteiger partial charge on any atom is 0.232 e. The topological polar surface area (TPSA) is 45.7 Å². The van der Waals surface area contributed by atoms with Crippen LogP contribution in [0.3, 0.4) is 0 Å². The minimum Gasteiger partial charge on any atom is -0.378 e. The Morgan fingerprint density at radius 3 is 2.42 bits per heavy atom. The zero-order valence-electron chi connectivity index (χ0n) is 14.9. The van der Waals surface area contributed by atoms with E-state index in [0.717, 1.165) is 22.1 Å². The zero-order chi connectivity index (χ0) is 17.7. The average molecular weight is 347 g/mol. The molecule has 0 saturated heterocycles. The van der Waals surface area contributed by atoms with Gasteiger partial charge in [0, 0.05) is 44.5 Å². The van der Waals surface area contributed by atoms with E-state index in [0.29, 0.717) is 13.0 Å². The predicted octanol–water partition coefficient (Wildman–Crippen LogP) is 3.51. The second-order valence-electron chi connectivity index (χ2n) is 5.82. The lowest BCUT2D eigenvalue weighted by Gasteiger charge is -2.19. The number of carbonyl (C=O) groups excluding carboxylic acids is 1. The van der Waals surface area contributed by atoms with Crippen LogP contribution in [0, 0.1) is 0 Å². The molecule has 1 aromatic heterocycles. The highest BCUT2D eigenvalue weighted by atomic mass is 32.1. The third-order valence-corrected chi connectivity index (χ3v) is 4.85. The van der Waals surface area contributed by atoms with Gasteiger partial charge in [0.15, 0.2) is 0 Å². The van der Waals surface area contributed by atoms with Crippen molar-refractivity contribution in [1.82, 2.24) is 4.98 Å². The minimum absolute atomic E-state index is 0.0218. The van der Waals surface area contributed by atoms with Crippen LogP contribution in [0.15, 0.2) is 29.6 Å². The molecule has 1 amide bonds. The smallest absolute Gasteiger partial charge is 0.232 e. The molecule has 1 atom stereocenters. The Hall–Kier alpha value is -1.92. The highest BCUT2D eigenvalue weighted by molar-refractivity contribution is 7.09. The summed E-state index contributed by atoms with van der Waals surface area (Å²) in [6, 6.07) is 7.92. The predicted molar refractivity (Wildman–Crippen MR) is 100 cm³/mol. The van der Waals surface area contributed by atoms with E-state index < -0.39 is 0 Å². The molecule has 0 N–H and O–H groups in total. The van der Waals surface area contributed by atoms with Crippen LogP contribution in [0.1, 0.15) is 30.7 Å². The van der Waals surface area contributed by atoms with Crippen LogP contribution in [-0.4, -0.2) is 38.6 Å². The quantitative estimate of drug-likeness (QED) is 0.769. The summed E-state index contributed by atoms with van der Waals surface area (Å²) < 4.78 is 5.54. The van der Waals surface area contributed by atoms with E-state index in [-0.39, 0.29) is 12.0 Å². The molecule has 0 unspecified atom stereocenters. The highest BCUT2D eigenvalue weighted by Crippen LogP contribution is 2.23. The van der Waals surface area contributed by atoms with Gasteiger partial charge in [-0.3, -0.25) is 4.79 Å². The molecule has 2 aromatic rings. The van der Waals surface area contributed by atoms with Crippen LogP contribution in [-0.2, 0) is 16.0 Å². The summed E-state index contributed by atoms with van der Waals surface area (Å²) in [5.74, 6) is 0.0218. The van der Waals surface area contributed by atoms with E-state index in [4.69, 9.17) is 4.74 Å². The molecule has 0 bridgehead atoms. The molecular weight excluding hydrogens is 322 g/mol. The van der Waals surface area contributed by atoms with Crippen molar-refractivity contribution in [3.05, 3.63) is 40.3 Å². The van der Waals surface area contributed by atoms with Gasteiger partial charge in [0.05, 0.1) is 12.1 Å². The van der Waals surface area contributed by atoms with Crippen LogP contribution in [0.4, 0.5) is 11.4 Å². The van der Waals surface area contributed by atoms with E-state index in [9.17, 15) is 4.79 Å². The first-order valence-corrected chi connectivity index (χ1v) is 8.90. The molecule has 6 heteroatoms. The van der Waals surface area contributed by atoms with E-state index >= 15 is 0 Å². The molecule has 0 aliphatic carbocycles. The second kappa shape index (κ2) is 8.26. The first-order valence-electron chi connectivity index (χ1n) is 8.02. The molecule has 1 heterocycles. The zero-order valence-corrected chi connectivity index (χ0v) is 15.8. The normalized spacial score (nSPS) is 12.0. The Morgan fingerprint density at radius 1 is 1.21 bits per heavy atom. The lowest BCUT2D eigenvalue weighted by molar-refractivity contribution is -0.117. The van der Waals surface area contributed by atoms with Gasteiger partial charge in [0.25, 0.3) is 0 Å². The number of thiazole rings is 1. The minimum atomic E-state index is -0.0276. The lowest BCUT2D eigenvalue weighted by atomic mass is 10.2. The van der Waals surface area contributed by atoms with Gasteiger partial charge in [-0.05, 0) is 38.1 Å². The summed E-state index contributed by atoms with van der Waals surface area (Å²) >= 11 is 1.54.